The number of hydrogen-bond acceptors (Lipinski definition) is 7. The van der Waals surface area contributed by atoms with Crippen LogP contribution < -0.4 is 14.4 Å². The molecule has 1 aliphatic rings. The van der Waals surface area contributed by atoms with Crippen molar-refractivity contribution >= 4 is 11.3 Å². The van der Waals surface area contributed by atoms with Crippen LogP contribution in [0.2, 0.25) is 0 Å². The van der Waals surface area contributed by atoms with Crippen LogP contribution in [0.15, 0.2) is 18.5 Å². The Labute approximate surface area is 159 Å². The fourth-order valence-corrected chi connectivity index (χ4v) is 3.01. The van der Waals surface area contributed by atoms with E-state index in [0.717, 1.165) is 15.6 Å². The Morgan fingerprint density at radius 2 is 1.69 bits per heavy atom. The lowest BCUT2D eigenvalue weighted by Gasteiger charge is -2.19. The van der Waals surface area contributed by atoms with E-state index in [1.54, 1.807) is 0 Å². The summed E-state index contributed by atoms with van der Waals surface area (Å²) in [5.41, 5.74) is -0.161. The SMILES string of the molecule is COc1ncc(-c2cc(N3CC(F)(F)C(F)(F)C3)c3ncc(F)n3n2)c(OC)n1. The van der Waals surface area contributed by atoms with Gasteiger partial charge in [0.25, 0.3) is 0 Å². The van der Waals surface area contributed by atoms with Crippen LogP contribution in [0, 0.1) is 5.95 Å². The fourth-order valence-electron chi connectivity index (χ4n) is 3.01. The van der Waals surface area contributed by atoms with E-state index in [-0.39, 0.29) is 34.5 Å². The zero-order chi connectivity index (χ0) is 21.0. The Morgan fingerprint density at radius 3 is 2.31 bits per heavy atom. The third-order valence-electron chi connectivity index (χ3n) is 4.44. The van der Waals surface area contributed by atoms with Gasteiger partial charge in [0.05, 0.1) is 44.8 Å². The molecule has 4 rings (SSSR count). The van der Waals surface area contributed by atoms with Crippen LogP contribution in [0.25, 0.3) is 16.9 Å². The zero-order valence-electron chi connectivity index (χ0n) is 15.0. The molecule has 0 spiro atoms. The van der Waals surface area contributed by atoms with Crippen molar-refractivity contribution in [2.75, 3.05) is 32.2 Å². The standard InChI is InChI=1S/C16H13F5N6O2/c1-28-13-8(4-23-14(24-13)29-2)9-3-10(12-22-5-11(17)27(12)25-9)26-6-15(18,19)16(20,21)7-26/h3-5H,6-7H2,1-2H3. The van der Waals surface area contributed by atoms with Crippen molar-refractivity contribution in [2.45, 2.75) is 11.8 Å². The number of methoxy groups -OCH3 is 2. The van der Waals surface area contributed by atoms with E-state index in [4.69, 9.17) is 9.47 Å². The van der Waals surface area contributed by atoms with Gasteiger partial charge in [0.2, 0.25) is 11.8 Å². The second-order valence-corrected chi connectivity index (χ2v) is 6.28. The van der Waals surface area contributed by atoms with E-state index in [1.807, 2.05) is 0 Å². The van der Waals surface area contributed by atoms with Gasteiger partial charge in [-0.05, 0) is 6.07 Å². The van der Waals surface area contributed by atoms with Gasteiger partial charge in [-0.25, -0.2) is 9.97 Å². The molecule has 8 nitrogen and oxygen atoms in total. The number of imidazole rings is 1. The van der Waals surface area contributed by atoms with Gasteiger partial charge in [-0.15, -0.1) is 0 Å². The molecular formula is C16H13F5N6O2. The van der Waals surface area contributed by atoms with Crippen LogP contribution in [-0.2, 0) is 0 Å². The van der Waals surface area contributed by atoms with Crippen molar-refractivity contribution < 1.29 is 31.4 Å². The first-order valence-electron chi connectivity index (χ1n) is 8.17. The molecule has 0 aliphatic carbocycles. The molecule has 0 aromatic carbocycles. The maximum Gasteiger partial charge on any atom is 0.329 e. The number of anilines is 1. The zero-order valence-corrected chi connectivity index (χ0v) is 15.0. The molecular weight excluding hydrogens is 403 g/mol. The lowest BCUT2D eigenvalue weighted by atomic mass is 10.2. The van der Waals surface area contributed by atoms with Gasteiger partial charge in [-0.1, -0.05) is 0 Å². The molecule has 3 aromatic heterocycles. The Hall–Kier alpha value is -3.25. The first-order valence-corrected chi connectivity index (χ1v) is 8.17. The van der Waals surface area contributed by atoms with Crippen molar-refractivity contribution in [3.8, 4) is 23.1 Å². The van der Waals surface area contributed by atoms with Crippen molar-refractivity contribution in [3.63, 3.8) is 0 Å². The summed E-state index contributed by atoms with van der Waals surface area (Å²) in [6.07, 6.45) is 2.08. The Kier molecular flexibility index (Phi) is 4.20. The topological polar surface area (TPSA) is 77.7 Å². The molecule has 13 heteroatoms. The average molecular weight is 416 g/mol. The highest BCUT2D eigenvalue weighted by molar-refractivity contribution is 5.76. The van der Waals surface area contributed by atoms with Gasteiger partial charge in [-0.3, -0.25) is 0 Å². The molecule has 154 valence electrons. The molecule has 0 bridgehead atoms. The first kappa shape index (κ1) is 19.1. The summed E-state index contributed by atoms with van der Waals surface area (Å²) < 4.78 is 79.8. The van der Waals surface area contributed by atoms with E-state index in [1.165, 1.54) is 26.5 Å². The van der Waals surface area contributed by atoms with Gasteiger partial charge in [0.15, 0.2) is 5.65 Å². The molecule has 0 saturated carbocycles. The van der Waals surface area contributed by atoms with Crippen LogP contribution >= 0.6 is 0 Å². The third-order valence-corrected chi connectivity index (χ3v) is 4.44. The summed E-state index contributed by atoms with van der Waals surface area (Å²) in [6.45, 7) is -2.52. The third kappa shape index (κ3) is 2.96. The van der Waals surface area contributed by atoms with Crippen LogP contribution in [0.3, 0.4) is 0 Å². The van der Waals surface area contributed by atoms with E-state index in [9.17, 15) is 22.0 Å². The summed E-state index contributed by atoms with van der Waals surface area (Å²) >= 11 is 0. The maximum absolute atomic E-state index is 14.2. The highest BCUT2D eigenvalue weighted by Gasteiger charge is 2.63. The van der Waals surface area contributed by atoms with Gasteiger partial charge in [0.1, 0.15) is 5.69 Å². The number of hydrogen-bond donors (Lipinski definition) is 0. The summed E-state index contributed by atoms with van der Waals surface area (Å²) in [5.74, 6) is -9.40. The molecule has 0 unspecified atom stereocenters. The Morgan fingerprint density at radius 1 is 1.00 bits per heavy atom. The molecule has 0 amide bonds. The summed E-state index contributed by atoms with van der Waals surface area (Å²) in [5, 5.41) is 4.05. The first-order chi connectivity index (χ1) is 13.7. The lowest BCUT2D eigenvalue weighted by Crippen LogP contribution is -2.38. The number of rotatable bonds is 4. The Bertz CT molecular complexity index is 1070. The number of nitrogens with zero attached hydrogens (tertiary/aromatic N) is 6. The number of halogens is 5. The number of fused-ring (bicyclic) bond motifs is 1. The molecule has 0 radical (unpaired) electrons. The quantitative estimate of drug-likeness (QED) is 0.605. The van der Waals surface area contributed by atoms with Crippen molar-refractivity contribution in [1.82, 2.24) is 24.6 Å². The van der Waals surface area contributed by atoms with Gasteiger partial charge in [0, 0.05) is 6.20 Å². The highest BCUT2D eigenvalue weighted by Crippen LogP contribution is 2.44. The van der Waals surface area contributed by atoms with Crippen molar-refractivity contribution in [3.05, 3.63) is 24.4 Å². The van der Waals surface area contributed by atoms with Crippen molar-refractivity contribution in [1.29, 1.82) is 0 Å². The smallest absolute Gasteiger partial charge is 0.329 e. The summed E-state index contributed by atoms with van der Waals surface area (Å²) in [7, 11) is 2.65. The summed E-state index contributed by atoms with van der Waals surface area (Å²) in [4.78, 5) is 12.4. The van der Waals surface area contributed by atoms with E-state index >= 15 is 0 Å². The van der Waals surface area contributed by atoms with Gasteiger partial charge < -0.3 is 14.4 Å². The molecule has 1 saturated heterocycles. The molecule has 4 heterocycles. The minimum Gasteiger partial charge on any atom is -0.480 e. The second kappa shape index (κ2) is 6.39. The lowest BCUT2D eigenvalue weighted by molar-refractivity contribution is -0.172. The minimum atomic E-state index is -4.25. The molecule has 1 aliphatic heterocycles. The number of ether oxygens (including phenoxy) is 2. The average Bonchev–Trinajstić information content (AvgIpc) is 3.16. The maximum atomic E-state index is 14.2. The fraction of sp³-hybridized carbons (Fsp3) is 0.375. The second-order valence-electron chi connectivity index (χ2n) is 6.28. The van der Waals surface area contributed by atoms with Crippen LogP contribution in [0.1, 0.15) is 0 Å². The molecule has 29 heavy (non-hydrogen) atoms. The molecule has 3 aromatic rings. The van der Waals surface area contributed by atoms with E-state index < -0.39 is 30.9 Å². The summed E-state index contributed by atoms with van der Waals surface area (Å²) in [6, 6.07) is 1.21. The van der Waals surface area contributed by atoms with E-state index in [2.05, 4.69) is 20.1 Å². The van der Waals surface area contributed by atoms with Crippen LogP contribution in [-0.4, -0.2) is 63.7 Å². The number of aromatic nitrogens is 5. The van der Waals surface area contributed by atoms with Gasteiger partial charge >= 0.3 is 17.9 Å². The minimum absolute atomic E-state index is 0.00226. The molecule has 0 N–H and O–H groups in total. The van der Waals surface area contributed by atoms with Crippen LogP contribution in [0.5, 0.6) is 11.9 Å². The predicted molar refractivity (Wildman–Crippen MR) is 89.2 cm³/mol. The van der Waals surface area contributed by atoms with Crippen molar-refractivity contribution in [2.24, 2.45) is 0 Å². The Balaban J connectivity index is 1.90. The number of alkyl halides is 4. The highest BCUT2D eigenvalue weighted by atomic mass is 19.3. The normalized spacial score (nSPS) is 17.7. The monoisotopic (exact) mass is 416 g/mol. The van der Waals surface area contributed by atoms with E-state index in [0.29, 0.717) is 0 Å². The van der Waals surface area contributed by atoms with Crippen LogP contribution in [0.4, 0.5) is 27.6 Å². The largest absolute Gasteiger partial charge is 0.480 e. The molecule has 0 atom stereocenters. The van der Waals surface area contributed by atoms with Gasteiger partial charge in [-0.2, -0.15) is 36.6 Å². The molecule has 1 fully saturated rings. The predicted octanol–water partition coefficient (Wildman–Crippen LogP) is 2.43.